The van der Waals surface area contributed by atoms with Crippen molar-refractivity contribution in [2.75, 3.05) is 0 Å². The number of rotatable bonds is 3. The minimum atomic E-state index is 0.326. The van der Waals surface area contributed by atoms with Crippen LogP contribution in [0.2, 0.25) is 0 Å². The van der Waals surface area contributed by atoms with Gasteiger partial charge in [-0.25, -0.2) is 0 Å². The lowest BCUT2D eigenvalue weighted by Crippen LogP contribution is -2.22. The largest absolute Gasteiger partial charge is 0.114 e. The monoisotopic (exact) mass is 174 g/mol. The highest BCUT2D eigenvalue weighted by atomic mass is 14.2. The molecule has 0 heterocycles. The summed E-state index contributed by atoms with van der Waals surface area (Å²) in [7, 11) is 2.32. The van der Waals surface area contributed by atoms with E-state index in [4.69, 9.17) is 0 Å². The van der Waals surface area contributed by atoms with Crippen molar-refractivity contribution < 1.29 is 0 Å². The third kappa shape index (κ3) is 2.15. The number of aryl methyl sites for hydroxylation is 1. The molecule has 0 nitrogen and oxygen atoms in total. The van der Waals surface area contributed by atoms with E-state index in [1.54, 1.807) is 0 Å². The molecule has 1 rings (SSSR count). The zero-order chi connectivity index (χ0) is 9.90. The van der Waals surface area contributed by atoms with Crippen molar-refractivity contribution in [2.45, 2.75) is 38.9 Å². The van der Waals surface area contributed by atoms with Crippen LogP contribution in [0.4, 0.5) is 0 Å². The summed E-state index contributed by atoms with van der Waals surface area (Å²) in [6.07, 6.45) is 2.34. The van der Waals surface area contributed by atoms with Gasteiger partial charge in [-0.1, -0.05) is 51.5 Å². The second-order valence-corrected chi connectivity index (χ2v) is 4.25. The molecule has 0 bridgehead atoms. The Labute approximate surface area is 82.8 Å². The Morgan fingerprint density at radius 2 is 1.85 bits per heavy atom. The summed E-state index contributed by atoms with van der Waals surface area (Å²) in [5.41, 5.74) is 3.01. The van der Waals surface area contributed by atoms with E-state index in [1.165, 1.54) is 17.5 Å². The number of hydrogen-bond acceptors (Lipinski definition) is 0. The summed E-state index contributed by atoms with van der Waals surface area (Å²) in [5.74, 6) is 0. The Kier molecular flexibility index (Phi) is 3.19. The van der Waals surface area contributed by atoms with Crippen LogP contribution in [0.1, 0.15) is 38.3 Å². The quantitative estimate of drug-likeness (QED) is 0.617. The van der Waals surface area contributed by atoms with Crippen molar-refractivity contribution in [1.29, 1.82) is 0 Å². The first-order chi connectivity index (χ1) is 6.11. The molecule has 1 aromatic carbocycles. The van der Waals surface area contributed by atoms with Crippen LogP contribution in [0.3, 0.4) is 0 Å². The first kappa shape index (κ1) is 10.4. The van der Waals surface area contributed by atoms with Crippen molar-refractivity contribution in [3.05, 3.63) is 35.4 Å². The summed E-state index contributed by atoms with van der Waals surface area (Å²) in [6, 6.07) is 8.79. The van der Waals surface area contributed by atoms with Crippen molar-refractivity contribution in [3.63, 3.8) is 0 Å². The van der Waals surface area contributed by atoms with Crippen LogP contribution >= 0.6 is 0 Å². The molecule has 0 N–H and O–H groups in total. The Morgan fingerprint density at radius 3 is 2.38 bits per heavy atom. The molecule has 13 heavy (non-hydrogen) atoms. The lowest BCUT2D eigenvalue weighted by molar-refractivity contribution is 0.641. The zero-order valence-electron chi connectivity index (χ0n) is 9.22. The number of benzene rings is 1. The molecule has 0 aliphatic carbocycles. The van der Waals surface area contributed by atoms with Crippen LogP contribution in [-0.2, 0) is 11.7 Å². The molecule has 0 aliphatic rings. The van der Waals surface area contributed by atoms with E-state index >= 15 is 0 Å². The molecule has 0 radical (unpaired) electrons. The van der Waals surface area contributed by atoms with Crippen LogP contribution in [-0.4, -0.2) is 7.85 Å². The second kappa shape index (κ2) is 4.00. The second-order valence-electron chi connectivity index (χ2n) is 4.25. The highest BCUT2D eigenvalue weighted by Crippen LogP contribution is 2.26. The third-order valence-electron chi connectivity index (χ3n) is 3.01. The zero-order valence-corrected chi connectivity index (χ0v) is 9.22. The Morgan fingerprint density at radius 1 is 1.23 bits per heavy atom. The normalized spacial score (nSPS) is 15.3. The van der Waals surface area contributed by atoms with Gasteiger partial charge in [0.2, 0.25) is 0 Å². The van der Waals surface area contributed by atoms with Gasteiger partial charge in [-0.05, 0) is 22.9 Å². The van der Waals surface area contributed by atoms with Gasteiger partial charge in [-0.15, -0.1) is 0 Å². The van der Waals surface area contributed by atoms with E-state index in [9.17, 15) is 0 Å². The van der Waals surface area contributed by atoms with Gasteiger partial charge < -0.3 is 0 Å². The maximum atomic E-state index is 2.32. The smallest absolute Gasteiger partial charge is 0.0652 e. The third-order valence-corrected chi connectivity index (χ3v) is 3.01. The molecule has 1 unspecified atom stereocenters. The topological polar surface area (TPSA) is 0 Å². The molecular weight excluding hydrogens is 155 g/mol. The Bertz CT molecular complexity index is 276. The summed E-state index contributed by atoms with van der Waals surface area (Å²) < 4.78 is 0. The molecule has 0 amide bonds. The fraction of sp³-hybridized carbons (Fsp3) is 0.500. The van der Waals surface area contributed by atoms with Gasteiger partial charge >= 0.3 is 0 Å². The summed E-state index contributed by atoms with van der Waals surface area (Å²) in [4.78, 5) is 0. The molecular formula is C12H19B. The molecule has 1 atom stereocenters. The van der Waals surface area contributed by atoms with Crippen LogP contribution in [0, 0.1) is 0 Å². The average Bonchev–Trinajstić information content (AvgIpc) is 2.18. The van der Waals surface area contributed by atoms with E-state index in [2.05, 4.69) is 52.9 Å². The van der Waals surface area contributed by atoms with Gasteiger partial charge in [-0.3, -0.25) is 0 Å². The van der Waals surface area contributed by atoms with Gasteiger partial charge in [0.25, 0.3) is 0 Å². The molecule has 1 aromatic rings. The fourth-order valence-corrected chi connectivity index (χ4v) is 1.68. The fourth-order valence-electron chi connectivity index (χ4n) is 1.68. The summed E-state index contributed by atoms with van der Waals surface area (Å²) in [6.45, 7) is 6.80. The van der Waals surface area contributed by atoms with Gasteiger partial charge in [0.05, 0.1) is 0 Å². The van der Waals surface area contributed by atoms with E-state index in [-0.39, 0.29) is 0 Å². The highest BCUT2D eigenvalue weighted by molar-refractivity contribution is 6.15. The highest BCUT2D eigenvalue weighted by Gasteiger charge is 2.19. The molecule has 0 fully saturated rings. The van der Waals surface area contributed by atoms with Gasteiger partial charge in [0, 0.05) is 0 Å². The maximum Gasteiger partial charge on any atom is 0.114 e. The minimum absolute atomic E-state index is 0.326. The van der Waals surface area contributed by atoms with Gasteiger partial charge in [0.1, 0.15) is 7.85 Å². The molecule has 70 valence electrons. The van der Waals surface area contributed by atoms with Gasteiger partial charge in [0.15, 0.2) is 0 Å². The van der Waals surface area contributed by atoms with Crippen molar-refractivity contribution in [1.82, 2.24) is 0 Å². The van der Waals surface area contributed by atoms with Crippen LogP contribution in [0.5, 0.6) is 0 Å². The Hall–Kier alpha value is -0.715. The molecule has 0 aliphatic heterocycles. The average molecular weight is 174 g/mol. The minimum Gasteiger partial charge on any atom is -0.0652 e. The lowest BCUT2D eigenvalue weighted by atomic mass is 9.63. The first-order valence-corrected chi connectivity index (χ1v) is 5.20. The Balaban J connectivity index is 3.12. The number of hydrogen-bond donors (Lipinski definition) is 0. The van der Waals surface area contributed by atoms with Gasteiger partial charge in [-0.2, -0.15) is 0 Å². The lowest BCUT2D eigenvalue weighted by Gasteiger charge is -2.26. The molecule has 1 heteroatoms. The van der Waals surface area contributed by atoms with Crippen molar-refractivity contribution >= 4 is 7.85 Å². The van der Waals surface area contributed by atoms with Crippen LogP contribution < -0.4 is 0 Å². The SMILES string of the molecule is BC(C)(CC)c1ccccc1CC. The summed E-state index contributed by atoms with van der Waals surface area (Å²) in [5, 5.41) is 0.326. The van der Waals surface area contributed by atoms with E-state index in [0.29, 0.717) is 5.31 Å². The standard InChI is InChI=1S/C12H19B/c1-4-10-8-6-7-9-11(10)12(3,13)5-2/h6-9H,4-5,13H2,1-3H3. The van der Waals surface area contributed by atoms with Crippen LogP contribution in [0.25, 0.3) is 0 Å². The van der Waals surface area contributed by atoms with Crippen molar-refractivity contribution in [2.24, 2.45) is 0 Å². The van der Waals surface area contributed by atoms with Crippen molar-refractivity contribution in [3.8, 4) is 0 Å². The van der Waals surface area contributed by atoms with E-state index in [1.807, 2.05) is 0 Å². The maximum absolute atomic E-state index is 2.32. The van der Waals surface area contributed by atoms with Crippen LogP contribution in [0.15, 0.2) is 24.3 Å². The predicted molar refractivity (Wildman–Crippen MR) is 62.0 cm³/mol. The predicted octanol–water partition coefficient (Wildman–Crippen LogP) is 2.51. The van der Waals surface area contributed by atoms with E-state index < -0.39 is 0 Å². The molecule has 0 aromatic heterocycles. The molecule has 0 saturated carbocycles. The first-order valence-electron chi connectivity index (χ1n) is 5.20. The molecule has 0 saturated heterocycles. The molecule has 0 spiro atoms. The summed E-state index contributed by atoms with van der Waals surface area (Å²) >= 11 is 0. The van der Waals surface area contributed by atoms with E-state index in [0.717, 1.165) is 6.42 Å².